The molecule has 0 spiro atoms. The third-order valence-corrected chi connectivity index (χ3v) is 5.60. The highest BCUT2D eigenvalue weighted by Crippen LogP contribution is 2.20. The molecular formula is C23H39IN4O2. The number of aliphatic imine (C=N–C) groups is 1. The van der Waals surface area contributed by atoms with Gasteiger partial charge in [0.2, 0.25) is 0 Å². The quantitative estimate of drug-likeness (QED) is 0.219. The number of benzene rings is 1. The van der Waals surface area contributed by atoms with Gasteiger partial charge in [-0.1, -0.05) is 31.4 Å². The zero-order chi connectivity index (χ0) is 20.2. The summed E-state index contributed by atoms with van der Waals surface area (Å²) in [6, 6.07) is 8.74. The molecule has 6 nitrogen and oxygen atoms in total. The summed E-state index contributed by atoms with van der Waals surface area (Å²) in [5.41, 5.74) is 2.49. The number of nitrogens with zero attached hydrogens (tertiary/aromatic N) is 2. The molecule has 1 aliphatic heterocycles. The fraction of sp³-hybridized carbons (Fsp3) is 0.696. The Balaban J connectivity index is 0.00000320. The van der Waals surface area contributed by atoms with Crippen molar-refractivity contribution in [3.63, 3.8) is 0 Å². The maximum atomic E-state index is 6.00. The fourth-order valence-electron chi connectivity index (χ4n) is 3.91. The average molecular weight is 530 g/mol. The second-order valence-corrected chi connectivity index (χ2v) is 7.87. The highest BCUT2D eigenvalue weighted by molar-refractivity contribution is 14.0. The molecule has 1 saturated carbocycles. The van der Waals surface area contributed by atoms with Gasteiger partial charge >= 0.3 is 0 Å². The number of hydrogen-bond acceptors (Lipinski definition) is 4. The highest BCUT2D eigenvalue weighted by Gasteiger charge is 2.13. The van der Waals surface area contributed by atoms with Crippen molar-refractivity contribution in [2.75, 3.05) is 50.9 Å². The SMILES string of the molecule is CCNC(=NCc1ccc(N2CCOCC2)cc1)NCCCOC1CCCCC1.I. The van der Waals surface area contributed by atoms with E-state index in [1.165, 1.54) is 43.4 Å². The monoisotopic (exact) mass is 530 g/mol. The molecule has 2 N–H and O–H groups in total. The molecule has 3 rings (SSSR count). The Morgan fingerprint density at radius 2 is 1.83 bits per heavy atom. The molecule has 7 heteroatoms. The van der Waals surface area contributed by atoms with E-state index in [1.54, 1.807) is 0 Å². The Kier molecular flexibility index (Phi) is 12.5. The van der Waals surface area contributed by atoms with Gasteiger partial charge in [0, 0.05) is 38.5 Å². The number of anilines is 1. The summed E-state index contributed by atoms with van der Waals surface area (Å²) in [6.45, 7) is 8.92. The van der Waals surface area contributed by atoms with Gasteiger partial charge in [0.25, 0.3) is 0 Å². The molecule has 1 saturated heterocycles. The second kappa shape index (κ2) is 14.9. The minimum atomic E-state index is 0. The van der Waals surface area contributed by atoms with Crippen molar-refractivity contribution in [3.8, 4) is 0 Å². The molecule has 0 unspecified atom stereocenters. The van der Waals surface area contributed by atoms with Crippen LogP contribution in [0.1, 0.15) is 51.0 Å². The van der Waals surface area contributed by atoms with E-state index in [0.717, 1.165) is 58.4 Å². The molecule has 1 aliphatic carbocycles. The van der Waals surface area contributed by atoms with Gasteiger partial charge in [0.15, 0.2) is 5.96 Å². The lowest BCUT2D eigenvalue weighted by molar-refractivity contribution is 0.0277. The second-order valence-electron chi connectivity index (χ2n) is 7.87. The summed E-state index contributed by atoms with van der Waals surface area (Å²) >= 11 is 0. The van der Waals surface area contributed by atoms with E-state index in [1.807, 2.05) is 0 Å². The Bertz CT molecular complexity index is 600. The maximum absolute atomic E-state index is 6.00. The summed E-state index contributed by atoms with van der Waals surface area (Å²) in [7, 11) is 0. The maximum Gasteiger partial charge on any atom is 0.191 e. The van der Waals surface area contributed by atoms with Crippen molar-refractivity contribution in [2.24, 2.45) is 4.99 Å². The summed E-state index contributed by atoms with van der Waals surface area (Å²) in [4.78, 5) is 7.11. The van der Waals surface area contributed by atoms with Crippen LogP contribution in [0.2, 0.25) is 0 Å². The first-order valence-electron chi connectivity index (χ1n) is 11.4. The van der Waals surface area contributed by atoms with Crippen LogP contribution < -0.4 is 15.5 Å². The van der Waals surface area contributed by atoms with Crippen LogP contribution in [0.25, 0.3) is 0 Å². The van der Waals surface area contributed by atoms with E-state index >= 15 is 0 Å². The lowest BCUT2D eigenvalue weighted by Crippen LogP contribution is -2.38. The Morgan fingerprint density at radius 3 is 2.53 bits per heavy atom. The van der Waals surface area contributed by atoms with Gasteiger partial charge in [0.05, 0.1) is 25.9 Å². The molecule has 1 aromatic carbocycles. The lowest BCUT2D eigenvalue weighted by atomic mass is 9.98. The number of guanidine groups is 1. The zero-order valence-electron chi connectivity index (χ0n) is 18.4. The number of ether oxygens (including phenoxy) is 2. The number of hydrogen-bond donors (Lipinski definition) is 2. The Hall–Kier alpha value is -1.06. The lowest BCUT2D eigenvalue weighted by Gasteiger charge is -2.28. The predicted molar refractivity (Wildman–Crippen MR) is 135 cm³/mol. The van der Waals surface area contributed by atoms with Crippen molar-refractivity contribution in [1.82, 2.24) is 10.6 Å². The molecule has 0 atom stereocenters. The minimum Gasteiger partial charge on any atom is -0.378 e. The van der Waals surface area contributed by atoms with E-state index in [-0.39, 0.29) is 24.0 Å². The van der Waals surface area contributed by atoms with Crippen LogP contribution in [0.4, 0.5) is 5.69 Å². The standard InChI is InChI=1S/C23H38N4O2.HI/c1-2-24-23(25-13-6-16-29-22-7-4-3-5-8-22)26-19-20-9-11-21(12-10-20)27-14-17-28-18-15-27;/h9-12,22H,2-8,13-19H2,1H3,(H2,24,25,26);1H. The van der Waals surface area contributed by atoms with Gasteiger partial charge in [-0.3, -0.25) is 0 Å². The van der Waals surface area contributed by atoms with E-state index in [9.17, 15) is 0 Å². The molecule has 1 heterocycles. The summed E-state index contributed by atoms with van der Waals surface area (Å²) in [5, 5.41) is 6.76. The predicted octanol–water partition coefficient (Wildman–Crippen LogP) is 3.94. The van der Waals surface area contributed by atoms with Crippen LogP contribution in [-0.4, -0.2) is 58.1 Å². The van der Waals surface area contributed by atoms with E-state index in [2.05, 4.69) is 46.7 Å². The Labute approximate surface area is 199 Å². The van der Waals surface area contributed by atoms with Crippen LogP contribution in [-0.2, 0) is 16.0 Å². The van der Waals surface area contributed by atoms with E-state index < -0.39 is 0 Å². The summed E-state index contributed by atoms with van der Waals surface area (Å²) in [5.74, 6) is 0.877. The topological polar surface area (TPSA) is 58.1 Å². The molecule has 0 aromatic heterocycles. The van der Waals surface area contributed by atoms with Gasteiger partial charge in [-0.05, 0) is 43.9 Å². The van der Waals surface area contributed by atoms with Gasteiger partial charge < -0.3 is 25.0 Å². The number of rotatable bonds is 9. The summed E-state index contributed by atoms with van der Waals surface area (Å²) < 4.78 is 11.4. The molecule has 2 fully saturated rings. The normalized spacial score (nSPS) is 18.0. The summed E-state index contributed by atoms with van der Waals surface area (Å²) in [6.07, 6.45) is 8.01. The molecule has 2 aliphatic rings. The number of morpholine rings is 1. The number of halogens is 1. The van der Waals surface area contributed by atoms with E-state index in [4.69, 9.17) is 14.5 Å². The third-order valence-electron chi connectivity index (χ3n) is 5.60. The van der Waals surface area contributed by atoms with Crippen molar-refractivity contribution >= 4 is 35.6 Å². The van der Waals surface area contributed by atoms with Crippen LogP contribution in [0.3, 0.4) is 0 Å². The smallest absolute Gasteiger partial charge is 0.191 e. The molecule has 1 aromatic rings. The number of nitrogens with one attached hydrogen (secondary N) is 2. The first kappa shape index (κ1) is 25.2. The van der Waals surface area contributed by atoms with Gasteiger partial charge in [0.1, 0.15) is 0 Å². The van der Waals surface area contributed by atoms with Crippen molar-refractivity contribution in [3.05, 3.63) is 29.8 Å². The van der Waals surface area contributed by atoms with Gasteiger partial charge in [-0.2, -0.15) is 0 Å². The third kappa shape index (κ3) is 8.98. The van der Waals surface area contributed by atoms with Crippen LogP contribution in [0.15, 0.2) is 29.3 Å². The molecule has 170 valence electrons. The first-order chi connectivity index (χ1) is 14.3. The van der Waals surface area contributed by atoms with Crippen molar-refractivity contribution in [2.45, 2.75) is 58.1 Å². The Morgan fingerprint density at radius 1 is 1.10 bits per heavy atom. The minimum absolute atomic E-state index is 0. The molecule has 0 amide bonds. The molecule has 30 heavy (non-hydrogen) atoms. The van der Waals surface area contributed by atoms with Crippen LogP contribution in [0.5, 0.6) is 0 Å². The molecular weight excluding hydrogens is 491 g/mol. The van der Waals surface area contributed by atoms with Crippen molar-refractivity contribution < 1.29 is 9.47 Å². The van der Waals surface area contributed by atoms with Crippen LogP contribution >= 0.6 is 24.0 Å². The van der Waals surface area contributed by atoms with E-state index in [0.29, 0.717) is 12.6 Å². The zero-order valence-corrected chi connectivity index (χ0v) is 20.7. The van der Waals surface area contributed by atoms with Crippen molar-refractivity contribution in [1.29, 1.82) is 0 Å². The largest absolute Gasteiger partial charge is 0.378 e. The average Bonchev–Trinajstić information content (AvgIpc) is 2.79. The molecule has 0 bridgehead atoms. The fourth-order valence-corrected chi connectivity index (χ4v) is 3.91. The highest BCUT2D eigenvalue weighted by atomic mass is 127. The first-order valence-corrected chi connectivity index (χ1v) is 11.4. The van der Waals surface area contributed by atoms with Gasteiger partial charge in [-0.25, -0.2) is 4.99 Å². The molecule has 0 radical (unpaired) electrons. The van der Waals surface area contributed by atoms with Gasteiger partial charge in [-0.15, -0.1) is 24.0 Å². The van der Waals surface area contributed by atoms with Crippen LogP contribution in [0, 0.1) is 0 Å².